The van der Waals surface area contributed by atoms with Gasteiger partial charge in [0.15, 0.2) is 0 Å². The second-order valence-corrected chi connectivity index (χ2v) is 7.51. The van der Waals surface area contributed by atoms with Gasteiger partial charge in [-0.25, -0.2) is 4.98 Å². The highest BCUT2D eigenvalue weighted by Gasteiger charge is 2.22. The molecule has 23 heavy (non-hydrogen) atoms. The average Bonchev–Trinajstić information content (AvgIpc) is 3.17. The zero-order valence-electron chi connectivity index (χ0n) is 12.3. The molecule has 1 aromatic carbocycles. The number of nitriles is 1. The number of benzene rings is 1. The summed E-state index contributed by atoms with van der Waals surface area (Å²) in [5.74, 6) is -0.171. The highest BCUT2D eigenvalue weighted by atomic mass is 32.1. The highest BCUT2D eigenvalue weighted by molar-refractivity contribution is 7.17. The number of carbonyl (C=O) groups excluding carboxylic acids is 1. The van der Waals surface area contributed by atoms with Crippen LogP contribution in [0.15, 0.2) is 23.7 Å². The number of carbonyl (C=O) groups is 1. The van der Waals surface area contributed by atoms with Crippen molar-refractivity contribution in [2.45, 2.75) is 25.7 Å². The van der Waals surface area contributed by atoms with Gasteiger partial charge in [0, 0.05) is 10.4 Å². The second-order valence-electron chi connectivity index (χ2n) is 5.52. The Hall–Kier alpha value is -2.23. The molecule has 1 aliphatic carbocycles. The Balaban J connectivity index is 1.66. The largest absolute Gasteiger partial charge is 0.312 e. The van der Waals surface area contributed by atoms with Gasteiger partial charge in [0.05, 0.1) is 21.3 Å². The lowest BCUT2D eigenvalue weighted by atomic mass is 9.96. The highest BCUT2D eigenvalue weighted by Crippen LogP contribution is 2.37. The van der Waals surface area contributed by atoms with E-state index in [9.17, 15) is 10.1 Å². The van der Waals surface area contributed by atoms with Crippen LogP contribution in [0.5, 0.6) is 0 Å². The SMILES string of the molecule is N#Cc1c(NC(=O)c2ccc3ncsc3c2)sc2c1CCCC2. The zero-order valence-corrected chi connectivity index (χ0v) is 13.9. The van der Waals surface area contributed by atoms with E-state index in [0.717, 1.165) is 41.5 Å². The standard InChI is InChI=1S/C17H13N3OS2/c18-8-12-11-3-1-2-4-14(11)23-17(12)20-16(21)10-5-6-13-15(7-10)22-9-19-13/h5-7,9H,1-4H2,(H,20,21). The summed E-state index contributed by atoms with van der Waals surface area (Å²) in [5, 5.41) is 13.1. The van der Waals surface area contributed by atoms with Gasteiger partial charge >= 0.3 is 0 Å². The maximum Gasteiger partial charge on any atom is 0.256 e. The molecule has 0 spiro atoms. The normalized spacial score (nSPS) is 13.5. The van der Waals surface area contributed by atoms with E-state index in [4.69, 9.17) is 0 Å². The number of hydrogen-bond donors (Lipinski definition) is 1. The lowest BCUT2D eigenvalue weighted by Crippen LogP contribution is -2.11. The molecule has 6 heteroatoms. The molecule has 0 unspecified atom stereocenters. The summed E-state index contributed by atoms with van der Waals surface area (Å²) < 4.78 is 0.989. The maximum atomic E-state index is 12.5. The van der Waals surface area contributed by atoms with Gasteiger partial charge in [-0.2, -0.15) is 5.26 Å². The summed E-state index contributed by atoms with van der Waals surface area (Å²) in [7, 11) is 0. The molecule has 4 rings (SSSR count). The first kappa shape index (κ1) is 14.4. The van der Waals surface area contributed by atoms with Gasteiger partial charge in [0.25, 0.3) is 5.91 Å². The molecule has 3 aromatic rings. The Morgan fingerprint density at radius 1 is 1.30 bits per heavy atom. The molecular formula is C17H13N3OS2. The molecule has 2 heterocycles. The molecule has 0 bridgehead atoms. The van der Waals surface area contributed by atoms with Crippen LogP contribution in [0.4, 0.5) is 5.00 Å². The van der Waals surface area contributed by atoms with Crippen molar-refractivity contribution in [1.29, 1.82) is 5.26 Å². The van der Waals surface area contributed by atoms with Gasteiger partial charge in [-0.3, -0.25) is 4.79 Å². The van der Waals surface area contributed by atoms with E-state index in [0.29, 0.717) is 16.1 Å². The lowest BCUT2D eigenvalue weighted by Gasteiger charge is -2.09. The molecule has 1 aliphatic rings. The van der Waals surface area contributed by atoms with Crippen LogP contribution in [0.25, 0.3) is 10.2 Å². The van der Waals surface area contributed by atoms with Gasteiger partial charge in [0.2, 0.25) is 0 Å². The third-order valence-corrected chi connectivity index (χ3v) is 6.10. The predicted octanol–water partition coefficient (Wildman–Crippen LogP) is 4.36. The van der Waals surface area contributed by atoms with E-state index in [1.807, 2.05) is 12.1 Å². The number of thiazole rings is 1. The number of aromatic nitrogens is 1. The third kappa shape index (κ3) is 2.52. The molecular weight excluding hydrogens is 326 g/mol. The van der Waals surface area contributed by atoms with E-state index in [1.165, 1.54) is 16.2 Å². The topological polar surface area (TPSA) is 65.8 Å². The number of nitrogens with zero attached hydrogens (tertiary/aromatic N) is 2. The van der Waals surface area contributed by atoms with Crippen LogP contribution in [0.2, 0.25) is 0 Å². The number of thiophene rings is 1. The van der Waals surface area contributed by atoms with Gasteiger partial charge in [0.1, 0.15) is 11.1 Å². The van der Waals surface area contributed by atoms with Gasteiger partial charge in [-0.05, 0) is 49.4 Å². The molecule has 2 aromatic heterocycles. The van der Waals surface area contributed by atoms with Gasteiger partial charge < -0.3 is 5.32 Å². The quantitative estimate of drug-likeness (QED) is 0.754. The predicted molar refractivity (Wildman–Crippen MR) is 93.2 cm³/mol. The van der Waals surface area contributed by atoms with Crippen molar-refractivity contribution in [1.82, 2.24) is 4.98 Å². The molecule has 0 aliphatic heterocycles. The second kappa shape index (κ2) is 5.76. The number of fused-ring (bicyclic) bond motifs is 2. The van der Waals surface area contributed by atoms with Crippen LogP contribution in [-0.4, -0.2) is 10.9 Å². The number of aryl methyl sites for hydroxylation is 1. The average molecular weight is 339 g/mol. The number of nitrogens with one attached hydrogen (secondary N) is 1. The van der Waals surface area contributed by atoms with E-state index in [2.05, 4.69) is 16.4 Å². The molecule has 0 saturated heterocycles. The van der Waals surface area contributed by atoms with E-state index in [1.54, 1.807) is 22.9 Å². The molecule has 0 fully saturated rings. The molecule has 114 valence electrons. The van der Waals surface area contributed by atoms with Crippen LogP contribution in [-0.2, 0) is 12.8 Å². The summed E-state index contributed by atoms with van der Waals surface area (Å²) in [4.78, 5) is 18.0. The first-order valence-electron chi connectivity index (χ1n) is 7.45. The molecule has 0 radical (unpaired) electrons. The van der Waals surface area contributed by atoms with Crippen molar-refractivity contribution in [3.63, 3.8) is 0 Å². The molecule has 1 amide bonds. The maximum absolute atomic E-state index is 12.5. The molecule has 0 atom stereocenters. The Kier molecular flexibility index (Phi) is 3.60. The fourth-order valence-corrected chi connectivity index (χ4v) is 4.89. The molecule has 1 N–H and O–H groups in total. The smallest absolute Gasteiger partial charge is 0.256 e. The van der Waals surface area contributed by atoms with Crippen molar-refractivity contribution in [3.8, 4) is 6.07 Å². The summed E-state index contributed by atoms with van der Waals surface area (Å²) in [6.07, 6.45) is 4.23. The fraction of sp³-hybridized carbons (Fsp3) is 0.235. The first-order valence-corrected chi connectivity index (χ1v) is 9.15. The third-order valence-electron chi connectivity index (χ3n) is 4.10. The molecule has 0 saturated carbocycles. The van der Waals surface area contributed by atoms with Crippen LogP contribution < -0.4 is 5.32 Å². The van der Waals surface area contributed by atoms with Gasteiger partial charge in [-0.15, -0.1) is 22.7 Å². The summed E-state index contributed by atoms with van der Waals surface area (Å²) in [6.45, 7) is 0. The summed E-state index contributed by atoms with van der Waals surface area (Å²) >= 11 is 3.06. The fourth-order valence-electron chi connectivity index (χ4n) is 2.94. The van der Waals surface area contributed by atoms with E-state index < -0.39 is 0 Å². The minimum atomic E-state index is -0.171. The minimum Gasteiger partial charge on any atom is -0.312 e. The van der Waals surface area contributed by atoms with Crippen molar-refractivity contribution in [3.05, 3.63) is 45.3 Å². The summed E-state index contributed by atoms with van der Waals surface area (Å²) in [5.41, 5.74) is 5.05. The Morgan fingerprint density at radius 3 is 3.04 bits per heavy atom. The number of hydrogen-bond acceptors (Lipinski definition) is 5. The Labute approximate surface area is 141 Å². The summed E-state index contributed by atoms with van der Waals surface area (Å²) in [6, 6.07) is 7.75. The lowest BCUT2D eigenvalue weighted by molar-refractivity contribution is 0.102. The van der Waals surface area contributed by atoms with E-state index >= 15 is 0 Å². The van der Waals surface area contributed by atoms with E-state index in [-0.39, 0.29) is 5.91 Å². The Bertz CT molecular complexity index is 949. The van der Waals surface area contributed by atoms with Crippen LogP contribution in [0, 0.1) is 11.3 Å². The van der Waals surface area contributed by atoms with Crippen molar-refractivity contribution in [2.75, 3.05) is 5.32 Å². The number of amides is 1. The van der Waals surface area contributed by atoms with Crippen LogP contribution in [0.3, 0.4) is 0 Å². The van der Waals surface area contributed by atoms with Crippen LogP contribution >= 0.6 is 22.7 Å². The monoisotopic (exact) mass is 339 g/mol. The van der Waals surface area contributed by atoms with Crippen molar-refractivity contribution < 1.29 is 4.79 Å². The molecule has 4 nitrogen and oxygen atoms in total. The number of anilines is 1. The van der Waals surface area contributed by atoms with Gasteiger partial charge in [-0.1, -0.05) is 0 Å². The van der Waals surface area contributed by atoms with Crippen molar-refractivity contribution >= 4 is 43.8 Å². The number of rotatable bonds is 2. The van der Waals surface area contributed by atoms with Crippen LogP contribution in [0.1, 0.15) is 39.2 Å². The Morgan fingerprint density at radius 2 is 2.17 bits per heavy atom. The van der Waals surface area contributed by atoms with Crippen molar-refractivity contribution in [2.24, 2.45) is 0 Å². The zero-order chi connectivity index (χ0) is 15.8. The first-order chi connectivity index (χ1) is 11.3. The minimum absolute atomic E-state index is 0.171.